The van der Waals surface area contributed by atoms with Crippen molar-refractivity contribution < 1.29 is 14.3 Å². The Kier molecular flexibility index (Phi) is 1.54. The summed E-state index contributed by atoms with van der Waals surface area (Å²) in [6, 6.07) is 0. The van der Waals surface area contributed by atoms with Gasteiger partial charge in [-0.1, -0.05) is 13.8 Å². The van der Waals surface area contributed by atoms with Gasteiger partial charge in [0.1, 0.15) is 11.7 Å². The summed E-state index contributed by atoms with van der Waals surface area (Å²) in [5.41, 5.74) is -1.05. The van der Waals surface area contributed by atoms with Gasteiger partial charge in [0.2, 0.25) is 0 Å². The summed E-state index contributed by atoms with van der Waals surface area (Å²) < 4.78 is 4.53. The van der Waals surface area contributed by atoms with Crippen LogP contribution in [-0.2, 0) is 14.3 Å². The zero-order chi connectivity index (χ0) is 8.70. The van der Waals surface area contributed by atoms with Crippen molar-refractivity contribution in [2.24, 2.45) is 10.8 Å². The Balaban J connectivity index is 2.83. The summed E-state index contributed by atoms with van der Waals surface area (Å²) in [5.74, 6) is -0.405. The molecule has 1 aliphatic carbocycles. The average molecular weight is 156 g/mol. The van der Waals surface area contributed by atoms with E-state index in [1.165, 1.54) is 7.11 Å². The molecule has 0 aliphatic heterocycles. The van der Waals surface area contributed by atoms with Gasteiger partial charge in [-0.15, -0.1) is 0 Å². The van der Waals surface area contributed by atoms with Crippen molar-refractivity contribution in [2.75, 3.05) is 7.11 Å². The van der Waals surface area contributed by atoms with Gasteiger partial charge in [-0.25, -0.2) is 0 Å². The highest BCUT2D eigenvalue weighted by molar-refractivity contribution is 5.98. The van der Waals surface area contributed by atoms with Crippen LogP contribution in [0.15, 0.2) is 0 Å². The number of ether oxygens (including phenoxy) is 1. The molecule has 1 fully saturated rings. The maximum Gasteiger partial charge on any atom is 0.319 e. The van der Waals surface area contributed by atoms with E-state index in [-0.39, 0.29) is 5.41 Å². The van der Waals surface area contributed by atoms with E-state index in [1.54, 1.807) is 0 Å². The van der Waals surface area contributed by atoms with E-state index in [4.69, 9.17) is 0 Å². The minimum Gasteiger partial charge on any atom is -0.468 e. The molecular weight excluding hydrogens is 144 g/mol. The first-order chi connectivity index (χ1) is 5.00. The Morgan fingerprint density at radius 1 is 1.55 bits per heavy atom. The summed E-state index contributed by atoms with van der Waals surface area (Å²) in [7, 11) is 1.31. The Morgan fingerprint density at radius 3 is 2.09 bits per heavy atom. The molecule has 1 saturated carbocycles. The van der Waals surface area contributed by atoms with Crippen LogP contribution in [0.2, 0.25) is 0 Å². The first kappa shape index (κ1) is 8.24. The second-order valence-corrected chi connectivity index (χ2v) is 3.64. The third-order valence-electron chi connectivity index (χ3n) is 2.55. The van der Waals surface area contributed by atoms with Gasteiger partial charge in [-0.2, -0.15) is 0 Å². The molecule has 0 spiro atoms. The lowest BCUT2D eigenvalue weighted by Gasteiger charge is -2.09. The van der Waals surface area contributed by atoms with Gasteiger partial charge in [0.15, 0.2) is 0 Å². The number of hydrogen-bond donors (Lipinski definition) is 0. The molecule has 0 aromatic heterocycles. The summed E-state index contributed by atoms with van der Waals surface area (Å²) in [6.45, 7) is 3.77. The summed E-state index contributed by atoms with van der Waals surface area (Å²) in [6.07, 6.45) is 1.31. The van der Waals surface area contributed by atoms with Crippen molar-refractivity contribution in [2.45, 2.75) is 20.3 Å². The minimum atomic E-state index is -0.845. The highest BCUT2D eigenvalue weighted by atomic mass is 16.5. The highest BCUT2D eigenvalue weighted by Gasteiger charge is 2.67. The van der Waals surface area contributed by atoms with Crippen molar-refractivity contribution in [1.82, 2.24) is 0 Å². The molecule has 0 N–H and O–H groups in total. The molecule has 0 saturated heterocycles. The number of hydrogen-bond acceptors (Lipinski definition) is 3. The monoisotopic (exact) mass is 156 g/mol. The van der Waals surface area contributed by atoms with Crippen molar-refractivity contribution in [1.29, 1.82) is 0 Å². The predicted molar refractivity (Wildman–Crippen MR) is 38.9 cm³/mol. The zero-order valence-corrected chi connectivity index (χ0v) is 7.01. The zero-order valence-electron chi connectivity index (χ0n) is 7.01. The van der Waals surface area contributed by atoms with Gasteiger partial charge in [0.25, 0.3) is 0 Å². The first-order valence-corrected chi connectivity index (χ1v) is 3.55. The lowest BCUT2D eigenvalue weighted by atomic mass is 9.98. The second kappa shape index (κ2) is 2.06. The largest absolute Gasteiger partial charge is 0.468 e. The van der Waals surface area contributed by atoms with Crippen LogP contribution in [-0.4, -0.2) is 19.4 Å². The summed E-state index contributed by atoms with van der Waals surface area (Å²) in [5, 5.41) is 0. The fourth-order valence-electron chi connectivity index (χ4n) is 1.43. The molecule has 1 aliphatic rings. The van der Waals surface area contributed by atoms with Crippen molar-refractivity contribution in [3.8, 4) is 0 Å². The Morgan fingerprint density at radius 2 is 2.00 bits per heavy atom. The molecule has 1 unspecified atom stereocenters. The van der Waals surface area contributed by atoms with E-state index >= 15 is 0 Å². The minimum absolute atomic E-state index is 0.207. The number of methoxy groups -OCH3 is 1. The van der Waals surface area contributed by atoms with Crippen LogP contribution in [0.1, 0.15) is 20.3 Å². The fraction of sp³-hybridized carbons (Fsp3) is 0.750. The Bertz CT molecular complexity index is 207. The van der Waals surface area contributed by atoms with Crippen LogP contribution in [0.4, 0.5) is 0 Å². The molecule has 1 atom stereocenters. The van der Waals surface area contributed by atoms with Crippen LogP contribution < -0.4 is 0 Å². The van der Waals surface area contributed by atoms with E-state index in [0.717, 1.165) is 0 Å². The number of esters is 1. The molecule has 11 heavy (non-hydrogen) atoms. The lowest BCUT2D eigenvalue weighted by Crippen LogP contribution is -2.24. The van der Waals surface area contributed by atoms with Crippen LogP contribution in [0.5, 0.6) is 0 Å². The number of aldehydes is 1. The molecular formula is C8H12O3. The molecule has 1 rings (SSSR count). The molecule has 0 radical (unpaired) electrons. The molecule has 3 heteroatoms. The SMILES string of the molecule is COC(=O)C1(C=O)CC1(C)C. The quantitative estimate of drug-likeness (QED) is 0.337. The molecule has 3 nitrogen and oxygen atoms in total. The number of carbonyl (C=O) groups is 2. The van der Waals surface area contributed by atoms with Crippen molar-refractivity contribution in [3.63, 3.8) is 0 Å². The summed E-state index contributed by atoms with van der Waals surface area (Å²) >= 11 is 0. The molecule has 0 heterocycles. The maximum absolute atomic E-state index is 11.1. The standard InChI is InChI=1S/C8H12O3/c1-7(2)4-8(7,5-9)6(10)11-3/h5H,4H2,1-3H3. The number of rotatable bonds is 2. The van der Waals surface area contributed by atoms with E-state index in [1.807, 2.05) is 13.8 Å². The van der Waals surface area contributed by atoms with E-state index in [0.29, 0.717) is 12.7 Å². The van der Waals surface area contributed by atoms with Crippen LogP contribution in [0.3, 0.4) is 0 Å². The lowest BCUT2D eigenvalue weighted by molar-refractivity contribution is -0.150. The predicted octanol–water partition coefficient (Wildman–Crippen LogP) is 0.775. The van der Waals surface area contributed by atoms with Crippen molar-refractivity contribution in [3.05, 3.63) is 0 Å². The van der Waals surface area contributed by atoms with E-state index in [2.05, 4.69) is 4.74 Å². The summed E-state index contributed by atoms with van der Waals surface area (Å²) in [4.78, 5) is 21.7. The van der Waals surface area contributed by atoms with Crippen LogP contribution >= 0.6 is 0 Å². The number of carbonyl (C=O) groups excluding carboxylic acids is 2. The van der Waals surface area contributed by atoms with Gasteiger partial charge in [-0.05, 0) is 11.8 Å². The van der Waals surface area contributed by atoms with E-state index in [9.17, 15) is 9.59 Å². The maximum atomic E-state index is 11.1. The Labute approximate surface area is 65.7 Å². The first-order valence-electron chi connectivity index (χ1n) is 3.55. The third kappa shape index (κ3) is 0.870. The molecule has 0 bridgehead atoms. The van der Waals surface area contributed by atoms with Crippen molar-refractivity contribution >= 4 is 12.3 Å². The molecule has 0 aromatic rings. The second-order valence-electron chi connectivity index (χ2n) is 3.64. The smallest absolute Gasteiger partial charge is 0.319 e. The average Bonchev–Trinajstić information content (AvgIpc) is 2.53. The topological polar surface area (TPSA) is 43.4 Å². The van der Waals surface area contributed by atoms with Crippen LogP contribution in [0, 0.1) is 10.8 Å². The molecule has 62 valence electrons. The fourth-order valence-corrected chi connectivity index (χ4v) is 1.43. The van der Waals surface area contributed by atoms with Gasteiger partial charge >= 0.3 is 5.97 Å². The van der Waals surface area contributed by atoms with Crippen LogP contribution in [0.25, 0.3) is 0 Å². The van der Waals surface area contributed by atoms with E-state index < -0.39 is 11.4 Å². The molecule has 0 amide bonds. The van der Waals surface area contributed by atoms with Gasteiger partial charge in [-0.3, -0.25) is 4.79 Å². The highest BCUT2D eigenvalue weighted by Crippen LogP contribution is 2.62. The van der Waals surface area contributed by atoms with Gasteiger partial charge in [0.05, 0.1) is 7.11 Å². The normalized spacial score (nSPS) is 32.6. The third-order valence-corrected chi connectivity index (χ3v) is 2.55. The van der Waals surface area contributed by atoms with Gasteiger partial charge < -0.3 is 9.53 Å². The molecule has 0 aromatic carbocycles. The Hall–Kier alpha value is -0.860. The van der Waals surface area contributed by atoms with Gasteiger partial charge in [0, 0.05) is 0 Å².